The number of nitrogens with zero attached hydrogens (tertiary/aromatic N) is 1. The topological polar surface area (TPSA) is 83.6 Å². The zero-order chi connectivity index (χ0) is 16.0. The molecule has 2 unspecified atom stereocenters. The number of aromatic nitrogens is 1. The maximum Gasteiger partial charge on any atom is 0.198 e. The van der Waals surface area contributed by atoms with Gasteiger partial charge in [-0.3, -0.25) is 9.78 Å². The molecule has 2 aromatic rings. The van der Waals surface area contributed by atoms with Gasteiger partial charge < -0.3 is 14.6 Å². The molecule has 2 aliphatic rings. The van der Waals surface area contributed by atoms with Crippen molar-refractivity contribution in [1.82, 2.24) is 4.98 Å². The van der Waals surface area contributed by atoms with Gasteiger partial charge in [-0.1, -0.05) is 12.1 Å². The van der Waals surface area contributed by atoms with Crippen molar-refractivity contribution in [1.29, 1.82) is 0 Å². The summed E-state index contributed by atoms with van der Waals surface area (Å²) >= 11 is 0. The van der Waals surface area contributed by atoms with Crippen LogP contribution in [0.1, 0.15) is 17.2 Å². The highest BCUT2D eigenvalue weighted by molar-refractivity contribution is 5.64. The van der Waals surface area contributed by atoms with E-state index in [1.807, 2.05) is 6.08 Å². The highest BCUT2D eigenvalue weighted by Gasteiger charge is 2.32. The van der Waals surface area contributed by atoms with E-state index in [9.17, 15) is 15.0 Å². The molecule has 0 spiro atoms. The molecule has 0 radical (unpaired) electrons. The van der Waals surface area contributed by atoms with E-state index in [4.69, 9.17) is 4.42 Å². The van der Waals surface area contributed by atoms with Crippen molar-refractivity contribution in [2.45, 2.75) is 5.92 Å². The molecular weight excluding hydrogens is 294 g/mol. The van der Waals surface area contributed by atoms with E-state index < -0.39 is 0 Å². The molecule has 2 aromatic heterocycles. The Morgan fingerprint density at radius 1 is 1.13 bits per heavy atom. The number of fused-ring (bicyclic) bond motifs is 3. The van der Waals surface area contributed by atoms with E-state index >= 15 is 0 Å². The van der Waals surface area contributed by atoms with Gasteiger partial charge in [-0.2, -0.15) is 0 Å². The molecule has 0 aromatic carbocycles. The Morgan fingerprint density at radius 2 is 1.96 bits per heavy atom. The minimum Gasteiger partial charge on any atom is -0.504 e. The van der Waals surface area contributed by atoms with Crippen molar-refractivity contribution in [3.05, 3.63) is 82.0 Å². The molecule has 5 nitrogen and oxygen atoms in total. The van der Waals surface area contributed by atoms with Crippen LogP contribution in [0.2, 0.25) is 0 Å². The molecule has 2 aliphatic carbocycles. The van der Waals surface area contributed by atoms with Crippen molar-refractivity contribution in [2.75, 3.05) is 0 Å². The fraction of sp³-hybridized carbons (Fsp3) is 0.111. The van der Waals surface area contributed by atoms with E-state index in [0.29, 0.717) is 22.6 Å². The van der Waals surface area contributed by atoms with Crippen LogP contribution in [0.3, 0.4) is 0 Å². The molecule has 0 fully saturated rings. The van der Waals surface area contributed by atoms with Gasteiger partial charge >= 0.3 is 0 Å². The zero-order valence-electron chi connectivity index (χ0n) is 12.0. The van der Waals surface area contributed by atoms with Crippen molar-refractivity contribution in [3.8, 4) is 11.3 Å². The molecule has 23 heavy (non-hydrogen) atoms. The predicted molar refractivity (Wildman–Crippen MR) is 84.9 cm³/mol. The van der Waals surface area contributed by atoms with Crippen LogP contribution in [0.25, 0.3) is 17.3 Å². The van der Waals surface area contributed by atoms with E-state index in [1.54, 1.807) is 30.5 Å². The summed E-state index contributed by atoms with van der Waals surface area (Å²) in [6.45, 7) is 0. The summed E-state index contributed by atoms with van der Waals surface area (Å²) in [6.07, 6.45) is 9.61. The van der Waals surface area contributed by atoms with Gasteiger partial charge in [-0.25, -0.2) is 0 Å². The smallest absolute Gasteiger partial charge is 0.198 e. The Morgan fingerprint density at radius 3 is 2.74 bits per heavy atom. The van der Waals surface area contributed by atoms with Gasteiger partial charge in [0.2, 0.25) is 0 Å². The van der Waals surface area contributed by atoms with Crippen LogP contribution in [0.4, 0.5) is 0 Å². The van der Waals surface area contributed by atoms with Crippen LogP contribution in [-0.4, -0.2) is 15.2 Å². The first-order valence-electron chi connectivity index (χ1n) is 7.22. The molecule has 0 bridgehead atoms. The van der Waals surface area contributed by atoms with E-state index in [-0.39, 0.29) is 28.8 Å². The number of aliphatic hydroxyl groups excluding tert-OH is 2. The van der Waals surface area contributed by atoms with Crippen molar-refractivity contribution in [2.24, 2.45) is 5.92 Å². The van der Waals surface area contributed by atoms with Crippen LogP contribution in [0, 0.1) is 5.92 Å². The van der Waals surface area contributed by atoms with Crippen molar-refractivity contribution < 1.29 is 14.6 Å². The highest BCUT2D eigenvalue weighted by atomic mass is 16.3. The fourth-order valence-corrected chi connectivity index (χ4v) is 3.03. The van der Waals surface area contributed by atoms with E-state index in [2.05, 4.69) is 4.98 Å². The third kappa shape index (κ3) is 2.09. The second-order valence-electron chi connectivity index (χ2n) is 5.54. The standard InChI is InChI=1S/C18H13NO4/c20-14-7-10-4-5-16-17(11(10)8-15(14)21)18(22)12(9-23-16)13-3-1-2-6-19-13/h1-11,20-21H. The fourth-order valence-electron chi connectivity index (χ4n) is 3.03. The molecule has 0 saturated carbocycles. The Hall–Kier alpha value is -3.08. The van der Waals surface area contributed by atoms with Gasteiger partial charge in [0.1, 0.15) is 12.0 Å². The summed E-state index contributed by atoms with van der Waals surface area (Å²) in [5, 5.41) is 19.5. The molecule has 2 heterocycles. The van der Waals surface area contributed by atoms with Gasteiger partial charge in [0.05, 0.1) is 16.8 Å². The largest absolute Gasteiger partial charge is 0.504 e. The minimum atomic E-state index is -0.370. The summed E-state index contributed by atoms with van der Waals surface area (Å²) < 4.78 is 5.61. The van der Waals surface area contributed by atoms with E-state index in [0.717, 1.165) is 0 Å². The van der Waals surface area contributed by atoms with Gasteiger partial charge in [0.25, 0.3) is 0 Å². The first-order chi connectivity index (χ1) is 11.1. The number of rotatable bonds is 1. The van der Waals surface area contributed by atoms with Gasteiger partial charge in [0.15, 0.2) is 16.9 Å². The van der Waals surface area contributed by atoms with Crippen LogP contribution < -0.4 is 5.43 Å². The molecule has 5 heteroatoms. The first kappa shape index (κ1) is 13.6. The second kappa shape index (κ2) is 4.98. The number of hydrogen-bond donors (Lipinski definition) is 2. The number of aliphatic hydroxyl groups is 2. The Labute approximate surface area is 131 Å². The van der Waals surface area contributed by atoms with Gasteiger partial charge in [-0.15, -0.1) is 0 Å². The van der Waals surface area contributed by atoms with Crippen LogP contribution in [-0.2, 0) is 0 Å². The molecular formula is C18H13NO4. The lowest BCUT2D eigenvalue weighted by Gasteiger charge is -2.27. The highest BCUT2D eigenvalue weighted by Crippen LogP contribution is 2.39. The summed E-state index contributed by atoms with van der Waals surface area (Å²) in [4.78, 5) is 17.1. The molecule has 2 atom stereocenters. The number of allylic oxidation sites excluding steroid dienone is 3. The number of hydrogen-bond acceptors (Lipinski definition) is 5. The lowest BCUT2D eigenvalue weighted by atomic mass is 9.78. The molecule has 0 aliphatic heterocycles. The lowest BCUT2D eigenvalue weighted by Crippen LogP contribution is -2.25. The molecule has 2 N–H and O–H groups in total. The Kier molecular flexibility index (Phi) is 2.94. The average molecular weight is 307 g/mol. The summed E-state index contributed by atoms with van der Waals surface area (Å²) in [5.74, 6) is -0.499. The van der Waals surface area contributed by atoms with Gasteiger partial charge in [0, 0.05) is 18.0 Å². The first-order valence-corrected chi connectivity index (χ1v) is 7.22. The third-order valence-electron chi connectivity index (χ3n) is 4.17. The number of pyridine rings is 1. The molecule has 114 valence electrons. The summed E-state index contributed by atoms with van der Waals surface area (Å²) in [6, 6.07) is 5.32. The summed E-state index contributed by atoms with van der Waals surface area (Å²) in [5.41, 5.74) is 1.21. The minimum absolute atomic E-state index is 0.176. The van der Waals surface area contributed by atoms with Crippen molar-refractivity contribution in [3.63, 3.8) is 0 Å². The Balaban J connectivity index is 1.92. The molecule has 4 rings (SSSR count). The van der Waals surface area contributed by atoms with Crippen LogP contribution in [0.15, 0.2) is 69.6 Å². The van der Waals surface area contributed by atoms with Crippen LogP contribution in [0.5, 0.6) is 0 Å². The quantitative estimate of drug-likeness (QED) is 0.844. The van der Waals surface area contributed by atoms with Crippen LogP contribution >= 0.6 is 0 Å². The van der Waals surface area contributed by atoms with E-state index in [1.165, 1.54) is 18.4 Å². The zero-order valence-corrected chi connectivity index (χ0v) is 12.0. The SMILES string of the molecule is O=c1c(-c2ccccn2)coc2c1C1C=C(O)C(O)=CC1C=C2. The lowest BCUT2D eigenvalue weighted by molar-refractivity contribution is 0.311. The molecule has 0 saturated heterocycles. The predicted octanol–water partition coefficient (Wildman–Crippen LogP) is 3.33. The molecule has 0 amide bonds. The van der Waals surface area contributed by atoms with Gasteiger partial charge in [-0.05, 0) is 30.4 Å². The monoisotopic (exact) mass is 307 g/mol. The maximum atomic E-state index is 12.9. The average Bonchev–Trinajstić information content (AvgIpc) is 2.57. The maximum absolute atomic E-state index is 12.9. The second-order valence-corrected chi connectivity index (χ2v) is 5.54. The summed E-state index contributed by atoms with van der Waals surface area (Å²) in [7, 11) is 0. The normalized spacial score (nSPS) is 21.9. The third-order valence-corrected chi connectivity index (χ3v) is 4.17. The Bertz CT molecular complexity index is 922. The van der Waals surface area contributed by atoms with Crippen molar-refractivity contribution >= 4 is 6.08 Å².